The number of alkyl halides is 1. The van der Waals surface area contributed by atoms with Crippen molar-refractivity contribution in [1.29, 1.82) is 0 Å². The van der Waals surface area contributed by atoms with E-state index < -0.39 is 0 Å². The van der Waals surface area contributed by atoms with Crippen LogP contribution < -0.4 is 11.3 Å². The molecular formula is C5H11ClN2. The van der Waals surface area contributed by atoms with Crippen molar-refractivity contribution >= 4 is 11.6 Å². The minimum Gasteiger partial charge on any atom is -0.271 e. The number of halogens is 1. The SMILES string of the molecule is NN[C@H]1CCC[C@H]1Cl. The molecule has 0 aromatic heterocycles. The van der Waals surface area contributed by atoms with E-state index in [4.69, 9.17) is 17.4 Å². The molecule has 0 bridgehead atoms. The molecule has 0 radical (unpaired) electrons. The molecule has 1 rings (SSSR count). The van der Waals surface area contributed by atoms with E-state index in [2.05, 4.69) is 5.43 Å². The maximum absolute atomic E-state index is 5.84. The highest BCUT2D eigenvalue weighted by Gasteiger charge is 2.23. The van der Waals surface area contributed by atoms with E-state index in [1.54, 1.807) is 0 Å². The van der Waals surface area contributed by atoms with Crippen LogP contribution in [0.25, 0.3) is 0 Å². The van der Waals surface area contributed by atoms with Gasteiger partial charge < -0.3 is 0 Å². The molecule has 1 saturated carbocycles. The number of nitrogens with two attached hydrogens (primary N) is 1. The van der Waals surface area contributed by atoms with Crippen LogP contribution >= 0.6 is 11.6 Å². The molecule has 1 aliphatic carbocycles. The zero-order chi connectivity index (χ0) is 5.98. The highest BCUT2D eigenvalue weighted by molar-refractivity contribution is 6.21. The normalized spacial score (nSPS) is 38.2. The second-order valence-electron chi connectivity index (χ2n) is 2.22. The highest BCUT2D eigenvalue weighted by Crippen LogP contribution is 2.22. The summed E-state index contributed by atoms with van der Waals surface area (Å²) in [5.74, 6) is 5.19. The third kappa shape index (κ3) is 1.13. The summed E-state index contributed by atoms with van der Waals surface area (Å²) in [7, 11) is 0. The minimum absolute atomic E-state index is 0.264. The molecule has 0 spiro atoms. The van der Waals surface area contributed by atoms with E-state index in [1.165, 1.54) is 6.42 Å². The van der Waals surface area contributed by atoms with Gasteiger partial charge in [0.2, 0.25) is 0 Å². The monoisotopic (exact) mass is 134 g/mol. The maximum atomic E-state index is 5.84. The van der Waals surface area contributed by atoms with Crippen molar-refractivity contribution in [2.45, 2.75) is 30.7 Å². The van der Waals surface area contributed by atoms with Crippen molar-refractivity contribution in [3.05, 3.63) is 0 Å². The third-order valence-corrected chi connectivity index (χ3v) is 2.17. The summed E-state index contributed by atoms with van der Waals surface area (Å²) >= 11 is 5.84. The van der Waals surface area contributed by atoms with Crippen LogP contribution in [0, 0.1) is 0 Å². The van der Waals surface area contributed by atoms with Crippen molar-refractivity contribution < 1.29 is 0 Å². The van der Waals surface area contributed by atoms with E-state index in [-0.39, 0.29) is 5.38 Å². The fraction of sp³-hybridized carbons (Fsp3) is 1.00. The third-order valence-electron chi connectivity index (χ3n) is 1.65. The van der Waals surface area contributed by atoms with Crippen molar-refractivity contribution in [2.24, 2.45) is 5.84 Å². The molecule has 1 aliphatic rings. The van der Waals surface area contributed by atoms with Crippen LogP contribution in [-0.4, -0.2) is 11.4 Å². The van der Waals surface area contributed by atoms with E-state index >= 15 is 0 Å². The Bertz CT molecular complexity index is 76.8. The van der Waals surface area contributed by atoms with Crippen LogP contribution in [0.4, 0.5) is 0 Å². The second-order valence-corrected chi connectivity index (χ2v) is 2.78. The second kappa shape index (κ2) is 2.67. The first-order valence-electron chi connectivity index (χ1n) is 2.95. The molecule has 0 aromatic carbocycles. The van der Waals surface area contributed by atoms with Gasteiger partial charge >= 0.3 is 0 Å². The molecule has 0 amide bonds. The highest BCUT2D eigenvalue weighted by atomic mass is 35.5. The first-order chi connectivity index (χ1) is 3.84. The average Bonchev–Trinajstić information content (AvgIpc) is 2.14. The Hall–Kier alpha value is 0.210. The Morgan fingerprint density at radius 1 is 1.50 bits per heavy atom. The summed E-state index contributed by atoms with van der Waals surface area (Å²) in [5, 5.41) is 0.264. The summed E-state index contributed by atoms with van der Waals surface area (Å²) < 4.78 is 0. The minimum atomic E-state index is 0.264. The van der Waals surface area contributed by atoms with Crippen molar-refractivity contribution in [2.75, 3.05) is 0 Å². The Morgan fingerprint density at radius 2 is 2.25 bits per heavy atom. The number of hydrogen-bond acceptors (Lipinski definition) is 2. The van der Waals surface area contributed by atoms with Gasteiger partial charge in [-0.2, -0.15) is 0 Å². The zero-order valence-electron chi connectivity index (χ0n) is 4.73. The van der Waals surface area contributed by atoms with Gasteiger partial charge in [-0.25, -0.2) is 0 Å². The number of nitrogens with one attached hydrogen (secondary N) is 1. The van der Waals surface area contributed by atoms with Gasteiger partial charge in [0.15, 0.2) is 0 Å². The molecule has 3 heteroatoms. The summed E-state index contributed by atoms with van der Waals surface area (Å²) in [6.07, 6.45) is 3.45. The van der Waals surface area contributed by atoms with Gasteiger partial charge in [-0.3, -0.25) is 11.3 Å². The predicted molar refractivity (Wildman–Crippen MR) is 34.6 cm³/mol. The van der Waals surface area contributed by atoms with Gasteiger partial charge in [-0.1, -0.05) is 6.42 Å². The van der Waals surface area contributed by atoms with E-state index in [0.29, 0.717) is 6.04 Å². The van der Waals surface area contributed by atoms with Gasteiger partial charge in [-0.05, 0) is 12.8 Å². The Balaban J connectivity index is 2.30. The standard InChI is InChI=1S/C5H11ClN2/c6-4-2-1-3-5(4)8-7/h4-5,8H,1-3,7H2/t4-,5+/m1/s1. The van der Waals surface area contributed by atoms with Gasteiger partial charge in [0, 0.05) is 6.04 Å². The van der Waals surface area contributed by atoms with E-state index in [1.807, 2.05) is 0 Å². The summed E-state index contributed by atoms with van der Waals surface area (Å²) in [4.78, 5) is 0. The summed E-state index contributed by atoms with van der Waals surface area (Å²) in [6, 6.07) is 0.358. The van der Waals surface area contributed by atoms with Crippen LogP contribution in [0.3, 0.4) is 0 Å². The fourth-order valence-corrected chi connectivity index (χ4v) is 1.46. The zero-order valence-corrected chi connectivity index (χ0v) is 5.49. The lowest BCUT2D eigenvalue weighted by Gasteiger charge is -2.09. The molecule has 2 nitrogen and oxygen atoms in total. The average molecular weight is 135 g/mol. The van der Waals surface area contributed by atoms with Gasteiger partial charge in [-0.15, -0.1) is 11.6 Å². The molecule has 0 saturated heterocycles. The number of hydrazine groups is 1. The Kier molecular flexibility index (Phi) is 2.11. The van der Waals surface area contributed by atoms with Crippen molar-refractivity contribution in [3.8, 4) is 0 Å². The first-order valence-corrected chi connectivity index (χ1v) is 3.38. The van der Waals surface area contributed by atoms with Gasteiger partial charge in [0.1, 0.15) is 0 Å². The summed E-state index contributed by atoms with van der Waals surface area (Å²) in [6.45, 7) is 0. The molecule has 0 heterocycles. The van der Waals surface area contributed by atoms with Crippen molar-refractivity contribution in [3.63, 3.8) is 0 Å². The topological polar surface area (TPSA) is 38.0 Å². The molecule has 48 valence electrons. The Morgan fingerprint density at radius 3 is 2.50 bits per heavy atom. The number of hydrogen-bond donors (Lipinski definition) is 2. The quantitative estimate of drug-likeness (QED) is 0.313. The van der Waals surface area contributed by atoms with Gasteiger partial charge in [0.25, 0.3) is 0 Å². The molecular weight excluding hydrogens is 124 g/mol. The largest absolute Gasteiger partial charge is 0.271 e. The van der Waals surface area contributed by atoms with Crippen LogP contribution in [0.2, 0.25) is 0 Å². The molecule has 1 fully saturated rings. The molecule has 0 aromatic rings. The van der Waals surface area contributed by atoms with E-state index in [9.17, 15) is 0 Å². The van der Waals surface area contributed by atoms with E-state index in [0.717, 1.165) is 12.8 Å². The molecule has 3 N–H and O–H groups in total. The summed E-state index contributed by atoms with van der Waals surface area (Å²) in [5.41, 5.74) is 2.68. The first kappa shape index (κ1) is 6.33. The fourth-order valence-electron chi connectivity index (χ4n) is 1.10. The lowest BCUT2D eigenvalue weighted by Crippen LogP contribution is -2.38. The van der Waals surface area contributed by atoms with Gasteiger partial charge in [0.05, 0.1) is 5.38 Å². The van der Waals surface area contributed by atoms with Crippen LogP contribution in [0.5, 0.6) is 0 Å². The molecule has 8 heavy (non-hydrogen) atoms. The molecule has 2 atom stereocenters. The Labute approximate surface area is 54.4 Å². The lowest BCUT2D eigenvalue weighted by molar-refractivity contribution is 0.549. The van der Waals surface area contributed by atoms with Crippen LogP contribution in [0.1, 0.15) is 19.3 Å². The smallest absolute Gasteiger partial charge is 0.0502 e. The van der Waals surface area contributed by atoms with Crippen LogP contribution in [0.15, 0.2) is 0 Å². The number of rotatable bonds is 1. The molecule has 0 unspecified atom stereocenters. The maximum Gasteiger partial charge on any atom is 0.0502 e. The molecule has 0 aliphatic heterocycles. The van der Waals surface area contributed by atoms with Crippen molar-refractivity contribution in [1.82, 2.24) is 5.43 Å². The lowest BCUT2D eigenvalue weighted by atomic mass is 10.3. The predicted octanol–water partition coefficient (Wildman–Crippen LogP) is 0.610. The van der Waals surface area contributed by atoms with Crippen LogP contribution in [-0.2, 0) is 0 Å².